The second-order valence-corrected chi connectivity index (χ2v) is 3.29. The summed E-state index contributed by atoms with van der Waals surface area (Å²) in [7, 11) is 0. The third kappa shape index (κ3) is 3.71. The van der Waals surface area contributed by atoms with Crippen LogP contribution in [0.1, 0.15) is 18.1 Å². The van der Waals surface area contributed by atoms with E-state index in [1.807, 2.05) is 0 Å². The number of rotatable bonds is 5. The summed E-state index contributed by atoms with van der Waals surface area (Å²) >= 11 is 0. The number of hydrogen-bond acceptors (Lipinski definition) is 5. The molecule has 1 unspecified atom stereocenters. The van der Waals surface area contributed by atoms with Gasteiger partial charge in [0.2, 0.25) is 11.8 Å². The Bertz CT molecular complexity index is 394. The van der Waals surface area contributed by atoms with Crippen LogP contribution in [0.3, 0.4) is 0 Å². The van der Waals surface area contributed by atoms with Crippen molar-refractivity contribution >= 4 is 5.91 Å². The van der Waals surface area contributed by atoms with Crippen LogP contribution < -0.4 is 11.1 Å². The lowest BCUT2D eigenvalue weighted by atomic mass is 10.2. The molecule has 16 heavy (non-hydrogen) atoms. The average Bonchev–Trinajstić information content (AvgIpc) is 2.64. The van der Waals surface area contributed by atoms with Crippen molar-refractivity contribution in [2.75, 3.05) is 6.54 Å². The van der Waals surface area contributed by atoms with Crippen LogP contribution >= 0.6 is 0 Å². The second-order valence-electron chi connectivity index (χ2n) is 3.29. The van der Waals surface area contributed by atoms with Crippen molar-refractivity contribution in [3.8, 4) is 12.3 Å². The SMILES string of the molecule is C#CCC(N)C(=O)NCCc1noc(C)n1. The summed E-state index contributed by atoms with van der Waals surface area (Å²) in [6.45, 7) is 2.12. The van der Waals surface area contributed by atoms with Gasteiger partial charge in [-0.3, -0.25) is 4.79 Å². The zero-order chi connectivity index (χ0) is 12.0. The average molecular weight is 222 g/mol. The van der Waals surface area contributed by atoms with Gasteiger partial charge in [0.25, 0.3) is 0 Å². The first-order valence-corrected chi connectivity index (χ1v) is 4.89. The molecule has 0 aliphatic heterocycles. The van der Waals surface area contributed by atoms with E-state index in [0.717, 1.165) is 0 Å². The quantitative estimate of drug-likeness (QED) is 0.648. The van der Waals surface area contributed by atoms with E-state index in [1.165, 1.54) is 0 Å². The maximum Gasteiger partial charge on any atom is 0.237 e. The maximum absolute atomic E-state index is 11.3. The topological polar surface area (TPSA) is 94.0 Å². The fourth-order valence-corrected chi connectivity index (χ4v) is 1.09. The van der Waals surface area contributed by atoms with E-state index in [1.54, 1.807) is 6.92 Å². The molecule has 1 atom stereocenters. The zero-order valence-corrected chi connectivity index (χ0v) is 9.06. The highest BCUT2D eigenvalue weighted by Gasteiger charge is 2.11. The monoisotopic (exact) mass is 222 g/mol. The van der Waals surface area contributed by atoms with Gasteiger partial charge in [0.05, 0.1) is 6.04 Å². The first-order chi connectivity index (χ1) is 7.63. The van der Waals surface area contributed by atoms with Crippen molar-refractivity contribution < 1.29 is 9.32 Å². The molecule has 1 heterocycles. The van der Waals surface area contributed by atoms with Gasteiger partial charge in [-0.15, -0.1) is 12.3 Å². The summed E-state index contributed by atoms with van der Waals surface area (Å²) in [4.78, 5) is 15.3. The van der Waals surface area contributed by atoms with Crippen LogP contribution in [0.2, 0.25) is 0 Å². The number of aromatic nitrogens is 2. The Morgan fingerprint density at radius 2 is 2.50 bits per heavy atom. The van der Waals surface area contributed by atoms with Crippen LogP contribution in [0.15, 0.2) is 4.52 Å². The standard InChI is InChI=1S/C10H14N4O2/c1-3-4-8(11)10(15)12-6-5-9-13-7(2)16-14-9/h1,8H,4-6,11H2,2H3,(H,12,15). The third-order valence-corrected chi connectivity index (χ3v) is 1.89. The molecule has 86 valence electrons. The molecule has 3 N–H and O–H groups in total. The number of terminal acetylenes is 1. The molecule has 0 aliphatic rings. The van der Waals surface area contributed by atoms with Gasteiger partial charge in [-0.1, -0.05) is 5.16 Å². The Labute approximate surface area is 93.6 Å². The minimum Gasteiger partial charge on any atom is -0.354 e. The Morgan fingerprint density at radius 3 is 3.06 bits per heavy atom. The van der Waals surface area contributed by atoms with Gasteiger partial charge >= 0.3 is 0 Å². The van der Waals surface area contributed by atoms with E-state index in [0.29, 0.717) is 24.7 Å². The van der Waals surface area contributed by atoms with Crippen molar-refractivity contribution in [2.45, 2.75) is 25.8 Å². The summed E-state index contributed by atoms with van der Waals surface area (Å²) in [5.74, 6) is 3.13. The number of nitrogens with zero attached hydrogens (tertiary/aromatic N) is 2. The Balaban J connectivity index is 2.25. The molecule has 0 spiro atoms. The van der Waals surface area contributed by atoms with Gasteiger partial charge in [-0.05, 0) is 0 Å². The van der Waals surface area contributed by atoms with Crippen molar-refractivity contribution in [3.63, 3.8) is 0 Å². The van der Waals surface area contributed by atoms with E-state index in [2.05, 4.69) is 21.4 Å². The lowest BCUT2D eigenvalue weighted by Gasteiger charge is -2.08. The van der Waals surface area contributed by atoms with Gasteiger partial charge in [0, 0.05) is 26.3 Å². The van der Waals surface area contributed by atoms with Crippen LogP contribution in [-0.2, 0) is 11.2 Å². The Hall–Kier alpha value is -1.87. The van der Waals surface area contributed by atoms with E-state index < -0.39 is 6.04 Å². The number of carbonyl (C=O) groups excluding carboxylic acids is 1. The van der Waals surface area contributed by atoms with Crippen molar-refractivity contribution in [1.29, 1.82) is 0 Å². The normalized spacial score (nSPS) is 11.8. The predicted octanol–water partition coefficient (Wildman–Crippen LogP) is -0.613. The van der Waals surface area contributed by atoms with Crippen LogP contribution in [0, 0.1) is 19.3 Å². The van der Waals surface area contributed by atoms with Crippen LogP contribution in [0.5, 0.6) is 0 Å². The molecule has 0 saturated carbocycles. The number of nitrogens with one attached hydrogen (secondary N) is 1. The molecule has 6 nitrogen and oxygen atoms in total. The summed E-state index contributed by atoms with van der Waals surface area (Å²) in [6.07, 6.45) is 5.78. The van der Waals surface area contributed by atoms with Crippen LogP contribution in [0.25, 0.3) is 0 Å². The summed E-state index contributed by atoms with van der Waals surface area (Å²) in [5, 5.41) is 6.34. The second kappa shape index (κ2) is 5.88. The first-order valence-electron chi connectivity index (χ1n) is 4.89. The Morgan fingerprint density at radius 1 is 1.75 bits per heavy atom. The molecule has 0 fully saturated rings. The van der Waals surface area contributed by atoms with Gasteiger partial charge in [0.15, 0.2) is 5.82 Å². The van der Waals surface area contributed by atoms with E-state index >= 15 is 0 Å². The predicted molar refractivity (Wildman–Crippen MR) is 57.2 cm³/mol. The highest BCUT2D eigenvalue weighted by Crippen LogP contribution is 1.95. The van der Waals surface area contributed by atoms with Gasteiger partial charge in [0.1, 0.15) is 0 Å². The molecule has 0 bridgehead atoms. The number of amides is 1. The summed E-state index contributed by atoms with van der Waals surface area (Å²) in [6, 6.07) is -0.656. The largest absolute Gasteiger partial charge is 0.354 e. The summed E-state index contributed by atoms with van der Waals surface area (Å²) in [5.41, 5.74) is 5.51. The van der Waals surface area contributed by atoms with E-state index in [-0.39, 0.29) is 12.3 Å². The van der Waals surface area contributed by atoms with Gasteiger partial charge in [-0.25, -0.2) is 0 Å². The summed E-state index contributed by atoms with van der Waals surface area (Å²) < 4.78 is 4.78. The minimum atomic E-state index is -0.656. The molecular weight excluding hydrogens is 208 g/mol. The number of nitrogens with two attached hydrogens (primary N) is 1. The molecule has 1 aromatic rings. The minimum absolute atomic E-state index is 0.229. The number of aryl methyl sites for hydroxylation is 1. The van der Waals surface area contributed by atoms with Crippen molar-refractivity contribution in [1.82, 2.24) is 15.5 Å². The molecule has 0 saturated heterocycles. The molecule has 6 heteroatoms. The van der Waals surface area contributed by atoms with Crippen LogP contribution in [-0.4, -0.2) is 28.6 Å². The fraction of sp³-hybridized carbons (Fsp3) is 0.500. The van der Waals surface area contributed by atoms with Crippen molar-refractivity contribution in [2.24, 2.45) is 5.73 Å². The molecule has 1 rings (SSSR count). The fourth-order valence-electron chi connectivity index (χ4n) is 1.09. The molecule has 0 aliphatic carbocycles. The molecule has 1 aromatic heterocycles. The highest BCUT2D eigenvalue weighted by atomic mass is 16.5. The lowest BCUT2D eigenvalue weighted by molar-refractivity contribution is -0.122. The molecule has 1 amide bonds. The van der Waals surface area contributed by atoms with Gasteiger partial charge < -0.3 is 15.6 Å². The Kier molecular flexibility index (Phi) is 4.48. The highest BCUT2D eigenvalue weighted by molar-refractivity contribution is 5.81. The van der Waals surface area contributed by atoms with Gasteiger partial charge in [-0.2, -0.15) is 4.98 Å². The number of carbonyl (C=O) groups is 1. The zero-order valence-electron chi connectivity index (χ0n) is 9.06. The lowest BCUT2D eigenvalue weighted by Crippen LogP contribution is -2.41. The number of hydrogen-bond donors (Lipinski definition) is 2. The first kappa shape index (κ1) is 12.2. The molecule has 0 aromatic carbocycles. The van der Waals surface area contributed by atoms with Crippen LogP contribution in [0.4, 0.5) is 0 Å². The van der Waals surface area contributed by atoms with E-state index in [9.17, 15) is 4.79 Å². The molecule has 0 radical (unpaired) electrons. The molecular formula is C10H14N4O2. The maximum atomic E-state index is 11.3. The van der Waals surface area contributed by atoms with Crippen molar-refractivity contribution in [3.05, 3.63) is 11.7 Å². The smallest absolute Gasteiger partial charge is 0.237 e. The third-order valence-electron chi connectivity index (χ3n) is 1.89. The van der Waals surface area contributed by atoms with E-state index in [4.69, 9.17) is 16.7 Å².